The summed E-state index contributed by atoms with van der Waals surface area (Å²) in [6.45, 7) is 6.65. The number of aryl methyl sites for hydroxylation is 2. The fourth-order valence-electron chi connectivity index (χ4n) is 8.75. The van der Waals surface area contributed by atoms with E-state index in [0.29, 0.717) is 64.5 Å². The van der Waals surface area contributed by atoms with E-state index in [4.69, 9.17) is 18.9 Å². The van der Waals surface area contributed by atoms with Crippen molar-refractivity contribution < 1.29 is 43.5 Å². The van der Waals surface area contributed by atoms with Crippen LogP contribution in [0.5, 0.6) is 28.7 Å². The Labute approximate surface area is 302 Å². The highest BCUT2D eigenvalue weighted by Crippen LogP contribution is 2.58. The number of ether oxygens (including phenoxy) is 4. The molecule has 4 aliphatic rings. The van der Waals surface area contributed by atoms with Crippen LogP contribution in [0.15, 0.2) is 36.4 Å². The van der Waals surface area contributed by atoms with Crippen LogP contribution in [-0.2, 0) is 33.6 Å². The molecule has 0 spiro atoms. The largest absolute Gasteiger partial charge is 0.504 e. The van der Waals surface area contributed by atoms with E-state index in [0.717, 1.165) is 16.7 Å². The Morgan fingerprint density at radius 2 is 1.77 bits per heavy atom. The van der Waals surface area contributed by atoms with E-state index in [9.17, 15) is 24.6 Å². The Balaban J connectivity index is 1.26. The highest BCUT2D eigenvalue weighted by Gasteiger charge is 2.56. The zero-order valence-corrected chi connectivity index (χ0v) is 30.3. The number of carbonyl (C=O) groups is 3. The predicted octanol–water partition coefficient (Wildman–Crippen LogP) is 3.12. The number of fused-ring (bicyclic) bond motifs is 9. The highest BCUT2D eigenvalue weighted by atomic mass is 16.7. The highest BCUT2D eigenvalue weighted by molar-refractivity contribution is 5.87. The minimum absolute atomic E-state index is 0.0290. The molecule has 1 saturated heterocycles. The van der Waals surface area contributed by atoms with Gasteiger partial charge in [0, 0.05) is 48.2 Å². The van der Waals surface area contributed by atoms with Crippen molar-refractivity contribution in [2.24, 2.45) is 0 Å². The second-order valence-corrected chi connectivity index (χ2v) is 14.2. The lowest BCUT2D eigenvalue weighted by Crippen LogP contribution is -2.69. The summed E-state index contributed by atoms with van der Waals surface area (Å²) in [5, 5.41) is 29.8. The number of nitrogens with zero attached hydrogens (tertiary/aromatic N) is 2. The van der Waals surface area contributed by atoms with Crippen LogP contribution in [0, 0.1) is 13.8 Å². The van der Waals surface area contributed by atoms with Gasteiger partial charge in [0.05, 0.1) is 25.2 Å². The Hall–Kier alpha value is -4.85. The first-order chi connectivity index (χ1) is 24.9. The van der Waals surface area contributed by atoms with Gasteiger partial charge in [0.15, 0.2) is 23.0 Å². The summed E-state index contributed by atoms with van der Waals surface area (Å²) in [5.41, 5.74) is 5.43. The van der Waals surface area contributed by atoms with Crippen LogP contribution in [0.3, 0.4) is 0 Å². The molecule has 6 atom stereocenters. The van der Waals surface area contributed by atoms with E-state index >= 15 is 0 Å². The smallest absolute Gasteiger partial charge is 0.308 e. The molecule has 0 aromatic heterocycles. The molecule has 4 heterocycles. The standard InChI is InChI=1S/C39H46N4O9/c1-19-14-24-15-27-39(48)43-26(32(42(27)5)30(24)33(46)34(19)49-6)16-25-31(37-36(50-18-51-37)20(2)35(25)52-22(4)44)28(43)17-40-38(47)21(3)41-29(45)13-12-23-10-8-7-9-11-23/h7-11,14,21,26-28,32,39,46,48H,12-13,15-18H2,1-6H3,(H,40,47)(H,41,45)/t21-,26?,27+,28-,32-,39-/m0/s1. The Morgan fingerprint density at radius 1 is 1.04 bits per heavy atom. The van der Waals surface area contributed by atoms with Gasteiger partial charge < -0.3 is 39.8 Å². The number of benzene rings is 3. The lowest BCUT2D eigenvalue weighted by molar-refractivity contribution is -0.172. The molecule has 0 radical (unpaired) electrons. The van der Waals surface area contributed by atoms with E-state index in [2.05, 4.69) is 15.5 Å². The summed E-state index contributed by atoms with van der Waals surface area (Å²) in [6.07, 6.45) is 0.572. The normalized spacial score (nSPS) is 23.5. The Morgan fingerprint density at radius 3 is 2.48 bits per heavy atom. The van der Waals surface area contributed by atoms with Crippen molar-refractivity contribution in [2.45, 2.75) is 89.8 Å². The number of methoxy groups -OCH3 is 1. The van der Waals surface area contributed by atoms with Gasteiger partial charge in [-0.25, -0.2) is 0 Å². The number of hydrogen-bond donors (Lipinski definition) is 4. The van der Waals surface area contributed by atoms with E-state index in [-0.39, 0.29) is 37.5 Å². The van der Waals surface area contributed by atoms with Crippen molar-refractivity contribution >= 4 is 17.8 Å². The van der Waals surface area contributed by atoms with Crippen LogP contribution in [0.2, 0.25) is 0 Å². The van der Waals surface area contributed by atoms with Gasteiger partial charge in [-0.1, -0.05) is 36.4 Å². The Bertz CT molecular complexity index is 1920. The number of amides is 2. The molecular weight excluding hydrogens is 668 g/mol. The summed E-state index contributed by atoms with van der Waals surface area (Å²) in [6, 6.07) is 8.97. The van der Waals surface area contributed by atoms with Crippen molar-refractivity contribution in [3.8, 4) is 28.7 Å². The van der Waals surface area contributed by atoms with Crippen LogP contribution in [0.25, 0.3) is 0 Å². The molecule has 3 aromatic rings. The third-order valence-corrected chi connectivity index (χ3v) is 11.1. The summed E-state index contributed by atoms with van der Waals surface area (Å²) in [7, 11) is 3.47. The first-order valence-corrected chi connectivity index (χ1v) is 17.7. The van der Waals surface area contributed by atoms with E-state index in [1.54, 1.807) is 6.92 Å². The van der Waals surface area contributed by atoms with Crippen molar-refractivity contribution in [3.05, 3.63) is 75.3 Å². The van der Waals surface area contributed by atoms with Crippen molar-refractivity contribution in [3.63, 3.8) is 0 Å². The number of hydrogen-bond acceptors (Lipinski definition) is 11. The van der Waals surface area contributed by atoms with E-state index in [1.807, 2.05) is 62.2 Å². The molecule has 1 unspecified atom stereocenters. The second kappa shape index (κ2) is 13.9. The number of carbonyl (C=O) groups excluding carboxylic acids is 3. The Kier molecular flexibility index (Phi) is 9.53. The molecular formula is C39H46N4O9. The second-order valence-electron chi connectivity index (χ2n) is 14.2. The number of aromatic hydroxyl groups is 1. The van der Waals surface area contributed by atoms with Crippen molar-refractivity contribution in [1.82, 2.24) is 20.4 Å². The SMILES string of the molecule is COc1c(C)cc2c(c1O)[C@@H]1C3Cc4c(OC(C)=O)c(C)c5c(c4[C@H](CNC(=O)[C@H](C)NC(=O)CCc4ccccc4)N3[C@@H](O)[C@@H](C2)N1C)OCO5. The van der Waals surface area contributed by atoms with Crippen LogP contribution in [0.1, 0.15) is 71.3 Å². The maximum absolute atomic E-state index is 13.6. The molecule has 7 rings (SSSR count). The van der Waals surface area contributed by atoms with Crippen LogP contribution < -0.4 is 29.6 Å². The fraction of sp³-hybridized carbons (Fsp3) is 0.462. The maximum Gasteiger partial charge on any atom is 0.308 e. The van der Waals surface area contributed by atoms with Gasteiger partial charge in [-0.2, -0.15) is 0 Å². The molecule has 13 heteroatoms. The zero-order chi connectivity index (χ0) is 37.0. The van der Waals surface area contributed by atoms with Gasteiger partial charge in [-0.3, -0.25) is 24.2 Å². The van der Waals surface area contributed by atoms with Crippen molar-refractivity contribution in [2.75, 3.05) is 27.5 Å². The molecule has 13 nitrogen and oxygen atoms in total. The van der Waals surface area contributed by atoms with Gasteiger partial charge in [-0.15, -0.1) is 0 Å². The number of aliphatic hydroxyl groups is 1. The molecule has 2 amide bonds. The molecule has 4 N–H and O–H groups in total. The minimum Gasteiger partial charge on any atom is -0.504 e. The molecule has 0 aliphatic carbocycles. The summed E-state index contributed by atoms with van der Waals surface area (Å²) in [4.78, 5) is 43.0. The first-order valence-electron chi connectivity index (χ1n) is 17.7. The fourth-order valence-corrected chi connectivity index (χ4v) is 8.75. The third-order valence-electron chi connectivity index (χ3n) is 11.1. The number of phenolic OH excluding ortho intramolecular Hbond substituents is 1. The van der Waals surface area contributed by atoms with E-state index in [1.165, 1.54) is 14.0 Å². The molecule has 2 bridgehead atoms. The number of phenols is 1. The average Bonchev–Trinajstić information content (AvgIpc) is 3.61. The molecule has 0 saturated carbocycles. The predicted molar refractivity (Wildman–Crippen MR) is 189 cm³/mol. The lowest BCUT2D eigenvalue weighted by atomic mass is 9.73. The molecule has 3 aromatic carbocycles. The lowest BCUT2D eigenvalue weighted by Gasteiger charge is -2.60. The molecule has 4 aliphatic heterocycles. The minimum atomic E-state index is -0.995. The number of likely N-dealkylation sites (N-methyl/N-ethyl adjacent to an activating group) is 1. The summed E-state index contributed by atoms with van der Waals surface area (Å²) < 4.78 is 23.5. The average molecular weight is 715 g/mol. The van der Waals surface area contributed by atoms with Crippen LogP contribution in [-0.4, -0.2) is 89.6 Å². The van der Waals surface area contributed by atoms with Crippen LogP contribution >= 0.6 is 0 Å². The third kappa shape index (κ3) is 6.00. The quantitative estimate of drug-likeness (QED) is 0.191. The molecule has 276 valence electrons. The molecule has 1 fully saturated rings. The number of rotatable bonds is 9. The van der Waals surface area contributed by atoms with Crippen molar-refractivity contribution in [1.29, 1.82) is 0 Å². The van der Waals surface area contributed by atoms with E-state index < -0.39 is 42.3 Å². The summed E-state index contributed by atoms with van der Waals surface area (Å²) >= 11 is 0. The summed E-state index contributed by atoms with van der Waals surface area (Å²) in [5.74, 6) is 0.561. The number of piperazine rings is 1. The van der Waals surface area contributed by atoms with Gasteiger partial charge in [0.1, 0.15) is 18.0 Å². The number of esters is 1. The van der Waals surface area contributed by atoms with Gasteiger partial charge >= 0.3 is 5.97 Å². The topological polar surface area (TPSA) is 159 Å². The maximum atomic E-state index is 13.6. The van der Waals surface area contributed by atoms with Gasteiger partial charge in [0.25, 0.3) is 0 Å². The first kappa shape index (κ1) is 35.5. The van der Waals surface area contributed by atoms with Crippen LogP contribution in [0.4, 0.5) is 0 Å². The number of nitrogens with one attached hydrogen (secondary N) is 2. The number of aliphatic hydroxyl groups excluding tert-OH is 1. The van der Waals surface area contributed by atoms with Gasteiger partial charge in [0.2, 0.25) is 18.6 Å². The van der Waals surface area contributed by atoms with Gasteiger partial charge in [-0.05, 0) is 63.8 Å². The monoisotopic (exact) mass is 714 g/mol. The molecule has 52 heavy (non-hydrogen) atoms. The zero-order valence-electron chi connectivity index (χ0n) is 30.3.